The van der Waals surface area contributed by atoms with Crippen LogP contribution in [0.4, 0.5) is 0 Å². The number of amides is 1. The molecule has 1 aliphatic heterocycles. The van der Waals surface area contributed by atoms with Crippen molar-refractivity contribution < 1.29 is 4.79 Å². The first-order valence-corrected chi connectivity index (χ1v) is 6.08. The van der Waals surface area contributed by atoms with E-state index in [-0.39, 0.29) is 5.91 Å². The molecule has 1 spiro atoms. The first-order valence-electron chi connectivity index (χ1n) is 6.08. The summed E-state index contributed by atoms with van der Waals surface area (Å²) in [6.45, 7) is 10.8. The third-order valence-electron chi connectivity index (χ3n) is 4.43. The van der Waals surface area contributed by atoms with Crippen molar-refractivity contribution in [2.75, 3.05) is 13.1 Å². The minimum Gasteiger partial charge on any atom is -0.342 e. The van der Waals surface area contributed by atoms with E-state index in [2.05, 4.69) is 20.8 Å². The van der Waals surface area contributed by atoms with E-state index in [1.807, 2.05) is 4.90 Å². The van der Waals surface area contributed by atoms with E-state index in [0.29, 0.717) is 10.8 Å². The molecule has 15 heavy (non-hydrogen) atoms. The molecule has 0 radical (unpaired) electrons. The van der Waals surface area contributed by atoms with Crippen LogP contribution in [0, 0.1) is 16.7 Å². The molecule has 0 aromatic rings. The van der Waals surface area contributed by atoms with Gasteiger partial charge in [0.2, 0.25) is 5.91 Å². The molecule has 1 unspecified atom stereocenters. The Morgan fingerprint density at radius 3 is 2.33 bits per heavy atom. The lowest BCUT2D eigenvalue weighted by molar-refractivity contribution is -0.140. The minimum absolute atomic E-state index is 0.250. The number of likely N-dealkylation sites (tertiary alicyclic amines) is 1. The summed E-state index contributed by atoms with van der Waals surface area (Å²) in [6, 6.07) is 0. The summed E-state index contributed by atoms with van der Waals surface area (Å²) >= 11 is 0. The fraction of sp³-hybridized carbons (Fsp3) is 0.923. The fourth-order valence-electron chi connectivity index (χ4n) is 3.22. The number of carbonyl (C=O) groups is 1. The molecular formula is C13H23NO. The maximum absolute atomic E-state index is 11.2. The second kappa shape index (κ2) is 3.23. The zero-order valence-corrected chi connectivity index (χ0v) is 10.5. The summed E-state index contributed by atoms with van der Waals surface area (Å²) in [7, 11) is 0. The van der Waals surface area contributed by atoms with Gasteiger partial charge in [0.15, 0.2) is 0 Å². The number of hydrogen-bond donors (Lipinski definition) is 0. The van der Waals surface area contributed by atoms with E-state index < -0.39 is 0 Å². The minimum atomic E-state index is 0.250. The smallest absolute Gasteiger partial charge is 0.219 e. The van der Waals surface area contributed by atoms with Crippen molar-refractivity contribution in [3.05, 3.63) is 0 Å². The molecular weight excluding hydrogens is 186 g/mol. The summed E-state index contributed by atoms with van der Waals surface area (Å²) in [5.41, 5.74) is 0.948. The largest absolute Gasteiger partial charge is 0.342 e. The Bertz CT molecular complexity index is 271. The Balaban J connectivity index is 1.92. The summed E-state index contributed by atoms with van der Waals surface area (Å²) in [4.78, 5) is 13.2. The fourth-order valence-corrected chi connectivity index (χ4v) is 3.22. The topological polar surface area (TPSA) is 20.3 Å². The normalized spacial score (nSPS) is 29.3. The van der Waals surface area contributed by atoms with Crippen molar-refractivity contribution in [3.63, 3.8) is 0 Å². The van der Waals surface area contributed by atoms with Crippen LogP contribution in [0.1, 0.15) is 47.0 Å². The first-order chi connectivity index (χ1) is 6.82. The molecule has 1 aliphatic carbocycles. The molecule has 1 atom stereocenters. The van der Waals surface area contributed by atoms with Gasteiger partial charge in [-0.05, 0) is 30.6 Å². The van der Waals surface area contributed by atoms with Crippen LogP contribution in [0.5, 0.6) is 0 Å². The van der Waals surface area contributed by atoms with Crippen molar-refractivity contribution in [2.45, 2.75) is 47.0 Å². The molecule has 2 fully saturated rings. The van der Waals surface area contributed by atoms with Gasteiger partial charge in [-0.25, -0.2) is 0 Å². The lowest BCUT2D eigenvalue weighted by Crippen LogP contribution is -2.56. The van der Waals surface area contributed by atoms with Crippen molar-refractivity contribution in [1.82, 2.24) is 4.90 Å². The van der Waals surface area contributed by atoms with Crippen LogP contribution in [0.25, 0.3) is 0 Å². The summed E-state index contributed by atoms with van der Waals surface area (Å²) < 4.78 is 0. The Morgan fingerprint density at radius 1 is 1.33 bits per heavy atom. The summed E-state index contributed by atoms with van der Waals surface area (Å²) in [5, 5.41) is 0. The molecule has 2 rings (SSSR count). The molecule has 2 aliphatic rings. The van der Waals surface area contributed by atoms with Crippen molar-refractivity contribution in [2.24, 2.45) is 16.7 Å². The Hall–Kier alpha value is -0.530. The lowest BCUT2D eigenvalue weighted by Gasteiger charge is -2.48. The average molecular weight is 209 g/mol. The molecule has 2 heteroatoms. The quantitative estimate of drug-likeness (QED) is 0.600. The van der Waals surface area contributed by atoms with Crippen molar-refractivity contribution in [3.8, 4) is 0 Å². The molecule has 86 valence electrons. The summed E-state index contributed by atoms with van der Waals surface area (Å²) in [5.74, 6) is 1.10. The van der Waals surface area contributed by atoms with Crippen LogP contribution in [0.15, 0.2) is 0 Å². The Labute approximate surface area is 93.0 Å². The zero-order chi connectivity index (χ0) is 11.3. The van der Waals surface area contributed by atoms with Gasteiger partial charge in [0.25, 0.3) is 0 Å². The van der Waals surface area contributed by atoms with E-state index in [1.165, 1.54) is 19.3 Å². The van der Waals surface area contributed by atoms with Crippen molar-refractivity contribution in [1.29, 1.82) is 0 Å². The highest BCUT2D eigenvalue weighted by Crippen LogP contribution is 2.52. The predicted molar refractivity (Wildman–Crippen MR) is 61.5 cm³/mol. The second-order valence-corrected chi connectivity index (χ2v) is 6.68. The average Bonchev–Trinajstić information content (AvgIpc) is 2.43. The summed E-state index contributed by atoms with van der Waals surface area (Å²) in [6.07, 6.45) is 4.02. The van der Waals surface area contributed by atoms with Gasteiger partial charge in [-0.2, -0.15) is 0 Å². The van der Waals surface area contributed by atoms with Gasteiger partial charge in [0, 0.05) is 25.4 Å². The third-order valence-corrected chi connectivity index (χ3v) is 4.43. The van der Waals surface area contributed by atoms with Gasteiger partial charge in [0.1, 0.15) is 0 Å². The standard InChI is InChI=1S/C13H23NO/c1-10(15)14-8-13(9-14)6-5-11(7-13)12(2,3)4/h11H,5-9H2,1-4H3. The van der Waals surface area contributed by atoms with Crippen LogP contribution in [-0.4, -0.2) is 23.9 Å². The van der Waals surface area contributed by atoms with Gasteiger partial charge in [-0.1, -0.05) is 20.8 Å². The molecule has 1 saturated heterocycles. The SMILES string of the molecule is CC(=O)N1CC2(CCC(C(C)(C)C)C2)C1. The van der Waals surface area contributed by atoms with Gasteiger partial charge in [-0.3, -0.25) is 4.79 Å². The predicted octanol–water partition coefficient (Wildman–Crippen LogP) is 2.68. The van der Waals surface area contributed by atoms with Crippen LogP contribution >= 0.6 is 0 Å². The van der Waals surface area contributed by atoms with E-state index in [9.17, 15) is 4.79 Å². The highest BCUT2D eigenvalue weighted by Gasteiger charge is 2.50. The third kappa shape index (κ3) is 1.91. The van der Waals surface area contributed by atoms with E-state index >= 15 is 0 Å². The number of rotatable bonds is 0. The molecule has 2 nitrogen and oxygen atoms in total. The van der Waals surface area contributed by atoms with Crippen LogP contribution < -0.4 is 0 Å². The van der Waals surface area contributed by atoms with Gasteiger partial charge >= 0.3 is 0 Å². The number of nitrogens with zero attached hydrogens (tertiary/aromatic N) is 1. The van der Waals surface area contributed by atoms with Crippen LogP contribution in [0.3, 0.4) is 0 Å². The van der Waals surface area contributed by atoms with Crippen LogP contribution in [0.2, 0.25) is 0 Å². The van der Waals surface area contributed by atoms with Crippen LogP contribution in [-0.2, 0) is 4.79 Å². The molecule has 1 saturated carbocycles. The maximum Gasteiger partial charge on any atom is 0.219 e. The molecule has 1 amide bonds. The Morgan fingerprint density at radius 2 is 1.93 bits per heavy atom. The van der Waals surface area contributed by atoms with E-state index in [4.69, 9.17) is 0 Å². The van der Waals surface area contributed by atoms with Crippen molar-refractivity contribution >= 4 is 5.91 Å². The molecule has 0 N–H and O–H groups in total. The molecule has 0 aromatic carbocycles. The number of hydrogen-bond acceptors (Lipinski definition) is 1. The molecule has 0 aromatic heterocycles. The van der Waals surface area contributed by atoms with Gasteiger partial charge < -0.3 is 4.90 Å². The van der Waals surface area contributed by atoms with Gasteiger partial charge in [0.05, 0.1) is 0 Å². The van der Waals surface area contributed by atoms with Gasteiger partial charge in [-0.15, -0.1) is 0 Å². The zero-order valence-electron chi connectivity index (χ0n) is 10.5. The first kappa shape index (κ1) is 11.0. The molecule has 0 bridgehead atoms. The van der Waals surface area contributed by atoms with E-state index in [0.717, 1.165) is 19.0 Å². The molecule has 1 heterocycles. The second-order valence-electron chi connectivity index (χ2n) is 6.68. The Kier molecular flexibility index (Phi) is 2.36. The maximum atomic E-state index is 11.2. The monoisotopic (exact) mass is 209 g/mol. The highest BCUT2D eigenvalue weighted by atomic mass is 16.2. The van der Waals surface area contributed by atoms with E-state index in [1.54, 1.807) is 6.92 Å². The highest BCUT2D eigenvalue weighted by molar-refractivity contribution is 5.74. The lowest BCUT2D eigenvalue weighted by atomic mass is 9.73. The number of carbonyl (C=O) groups excluding carboxylic acids is 1.